The Hall–Kier alpha value is -1.95. The quantitative estimate of drug-likeness (QED) is 0.558. The van der Waals surface area contributed by atoms with Crippen LogP contribution in [0.2, 0.25) is 15.1 Å². The summed E-state index contributed by atoms with van der Waals surface area (Å²) >= 11 is 17.8. The van der Waals surface area contributed by atoms with E-state index in [1.807, 2.05) is 19.1 Å². The third-order valence-corrected chi connectivity index (χ3v) is 4.60. The molecule has 5 nitrogen and oxygen atoms in total. The highest BCUT2D eigenvalue weighted by atomic mass is 35.5. The second kappa shape index (κ2) is 9.12. The maximum atomic E-state index is 12.1. The summed E-state index contributed by atoms with van der Waals surface area (Å²) in [6, 6.07) is 8.44. The smallest absolute Gasteiger partial charge is 0.243 e. The van der Waals surface area contributed by atoms with Gasteiger partial charge in [-0.3, -0.25) is 9.59 Å². The SMILES string of the molecule is CCC(=O)Nc1cc(NCC(=O)Nc2cc(Cl)c(Cl)cc2Cl)ccc1C. The average Bonchev–Trinajstić information content (AvgIpc) is 2.60. The van der Waals surface area contributed by atoms with E-state index in [9.17, 15) is 9.59 Å². The first-order chi connectivity index (χ1) is 12.3. The summed E-state index contributed by atoms with van der Waals surface area (Å²) in [5, 5.41) is 9.41. The Morgan fingerprint density at radius 3 is 2.23 bits per heavy atom. The van der Waals surface area contributed by atoms with E-state index < -0.39 is 0 Å². The Morgan fingerprint density at radius 1 is 0.885 bits per heavy atom. The molecule has 0 fully saturated rings. The minimum atomic E-state index is -0.301. The Labute approximate surface area is 167 Å². The molecule has 0 bridgehead atoms. The maximum absolute atomic E-state index is 12.1. The van der Waals surface area contributed by atoms with E-state index in [2.05, 4.69) is 16.0 Å². The molecule has 0 aliphatic rings. The molecule has 0 aromatic heterocycles. The number of aryl methyl sites for hydroxylation is 1. The van der Waals surface area contributed by atoms with Crippen LogP contribution in [0.4, 0.5) is 17.1 Å². The molecule has 0 unspecified atom stereocenters. The molecule has 26 heavy (non-hydrogen) atoms. The summed E-state index contributed by atoms with van der Waals surface area (Å²) < 4.78 is 0. The van der Waals surface area contributed by atoms with Crippen LogP contribution in [0.1, 0.15) is 18.9 Å². The van der Waals surface area contributed by atoms with Crippen LogP contribution in [0, 0.1) is 6.92 Å². The Kier molecular flexibility index (Phi) is 7.14. The summed E-state index contributed by atoms with van der Waals surface area (Å²) in [5.41, 5.74) is 2.73. The second-order valence-electron chi connectivity index (χ2n) is 5.58. The van der Waals surface area contributed by atoms with E-state index in [4.69, 9.17) is 34.8 Å². The topological polar surface area (TPSA) is 70.2 Å². The zero-order valence-electron chi connectivity index (χ0n) is 14.3. The van der Waals surface area contributed by atoms with E-state index in [1.165, 1.54) is 12.1 Å². The number of amides is 2. The zero-order chi connectivity index (χ0) is 19.3. The van der Waals surface area contributed by atoms with Crippen LogP contribution in [-0.4, -0.2) is 18.4 Å². The third kappa shape index (κ3) is 5.53. The van der Waals surface area contributed by atoms with Crippen LogP contribution < -0.4 is 16.0 Å². The fourth-order valence-corrected chi connectivity index (χ4v) is 2.69. The molecule has 8 heteroatoms. The second-order valence-corrected chi connectivity index (χ2v) is 6.80. The van der Waals surface area contributed by atoms with Gasteiger partial charge in [0.2, 0.25) is 11.8 Å². The minimum absolute atomic E-state index is 0.0147. The van der Waals surface area contributed by atoms with Gasteiger partial charge in [-0.05, 0) is 36.8 Å². The summed E-state index contributed by atoms with van der Waals surface area (Å²) in [5.74, 6) is -0.373. The van der Waals surface area contributed by atoms with Crippen molar-refractivity contribution in [3.8, 4) is 0 Å². The highest BCUT2D eigenvalue weighted by Gasteiger charge is 2.10. The van der Waals surface area contributed by atoms with Gasteiger partial charge in [-0.2, -0.15) is 0 Å². The summed E-state index contributed by atoms with van der Waals surface area (Å²) in [6.45, 7) is 3.69. The lowest BCUT2D eigenvalue weighted by atomic mass is 10.1. The Balaban J connectivity index is 2.00. The van der Waals surface area contributed by atoms with Gasteiger partial charge in [-0.15, -0.1) is 0 Å². The Morgan fingerprint density at radius 2 is 1.54 bits per heavy atom. The number of benzene rings is 2. The molecular weight excluding hydrogens is 397 g/mol. The van der Waals surface area contributed by atoms with Gasteiger partial charge in [0.15, 0.2) is 0 Å². The number of carbonyl (C=O) groups is 2. The van der Waals surface area contributed by atoms with Gasteiger partial charge >= 0.3 is 0 Å². The van der Waals surface area contributed by atoms with Gasteiger partial charge in [-0.25, -0.2) is 0 Å². The summed E-state index contributed by atoms with van der Waals surface area (Å²) in [4.78, 5) is 23.7. The lowest BCUT2D eigenvalue weighted by Gasteiger charge is -2.13. The maximum Gasteiger partial charge on any atom is 0.243 e. The molecule has 2 aromatic rings. The molecule has 3 N–H and O–H groups in total. The Bertz CT molecular complexity index is 841. The van der Waals surface area contributed by atoms with Crippen molar-refractivity contribution >= 4 is 63.7 Å². The number of rotatable bonds is 6. The van der Waals surface area contributed by atoms with Crippen molar-refractivity contribution in [2.24, 2.45) is 0 Å². The van der Waals surface area contributed by atoms with Crippen molar-refractivity contribution in [2.45, 2.75) is 20.3 Å². The van der Waals surface area contributed by atoms with Crippen molar-refractivity contribution < 1.29 is 9.59 Å². The predicted octanol–water partition coefficient (Wildman–Crippen LogP) is 5.35. The molecule has 0 atom stereocenters. The number of halogens is 3. The molecule has 0 aliphatic carbocycles. The summed E-state index contributed by atoms with van der Waals surface area (Å²) in [6.07, 6.45) is 0.393. The zero-order valence-corrected chi connectivity index (χ0v) is 16.5. The van der Waals surface area contributed by atoms with Gasteiger partial charge in [0.25, 0.3) is 0 Å². The van der Waals surface area contributed by atoms with E-state index in [0.717, 1.165) is 5.56 Å². The van der Waals surface area contributed by atoms with Crippen molar-refractivity contribution in [1.82, 2.24) is 0 Å². The van der Waals surface area contributed by atoms with Crippen molar-refractivity contribution in [2.75, 3.05) is 22.5 Å². The molecule has 0 heterocycles. The number of nitrogens with one attached hydrogen (secondary N) is 3. The molecule has 0 saturated carbocycles. The van der Waals surface area contributed by atoms with Crippen molar-refractivity contribution in [3.05, 3.63) is 51.0 Å². The van der Waals surface area contributed by atoms with E-state index in [1.54, 1.807) is 13.0 Å². The monoisotopic (exact) mass is 413 g/mol. The van der Waals surface area contributed by atoms with Crippen molar-refractivity contribution in [1.29, 1.82) is 0 Å². The van der Waals surface area contributed by atoms with Crippen LogP contribution in [0.3, 0.4) is 0 Å². The molecule has 0 spiro atoms. The van der Waals surface area contributed by atoms with Gasteiger partial charge in [0.05, 0.1) is 27.3 Å². The molecule has 0 aliphatic heterocycles. The van der Waals surface area contributed by atoms with Crippen LogP contribution in [0.15, 0.2) is 30.3 Å². The van der Waals surface area contributed by atoms with Gasteiger partial charge in [0.1, 0.15) is 0 Å². The molecular formula is C18H18Cl3N3O2. The first kappa shape index (κ1) is 20.4. The largest absolute Gasteiger partial charge is 0.376 e. The fraction of sp³-hybridized carbons (Fsp3) is 0.222. The van der Waals surface area contributed by atoms with Crippen LogP contribution in [0.25, 0.3) is 0 Å². The van der Waals surface area contributed by atoms with Gasteiger partial charge < -0.3 is 16.0 Å². The van der Waals surface area contributed by atoms with Crippen LogP contribution in [-0.2, 0) is 9.59 Å². The van der Waals surface area contributed by atoms with Gasteiger partial charge in [0, 0.05) is 17.8 Å². The molecule has 2 aromatic carbocycles. The molecule has 2 amide bonds. The third-order valence-electron chi connectivity index (χ3n) is 3.57. The predicted molar refractivity (Wildman–Crippen MR) is 109 cm³/mol. The number of anilines is 3. The fourth-order valence-electron chi connectivity index (χ4n) is 2.10. The normalized spacial score (nSPS) is 10.3. The van der Waals surface area contributed by atoms with Crippen LogP contribution in [0.5, 0.6) is 0 Å². The summed E-state index contributed by atoms with van der Waals surface area (Å²) in [7, 11) is 0. The minimum Gasteiger partial charge on any atom is -0.376 e. The first-order valence-electron chi connectivity index (χ1n) is 7.89. The van der Waals surface area contributed by atoms with E-state index in [0.29, 0.717) is 38.6 Å². The molecule has 0 saturated heterocycles. The number of hydrogen-bond acceptors (Lipinski definition) is 3. The highest BCUT2D eigenvalue weighted by molar-refractivity contribution is 6.44. The lowest BCUT2D eigenvalue weighted by Crippen LogP contribution is -2.22. The standard InChI is InChI=1S/C18H18Cl3N3O2/c1-3-17(25)23-15-6-11(5-4-10(15)2)22-9-18(26)24-16-8-13(20)12(19)7-14(16)21/h4-8,22H,3,9H2,1-2H3,(H,23,25)(H,24,26). The molecule has 138 valence electrons. The van der Waals surface area contributed by atoms with Crippen LogP contribution >= 0.6 is 34.8 Å². The lowest BCUT2D eigenvalue weighted by molar-refractivity contribution is -0.116. The number of hydrogen-bond donors (Lipinski definition) is 3. The molecule has 0 radical (unpaired) electrons. The van der Waals surface area contributed by atoms with E-state index in [-0.39, 0.29) is 18.4 Å². The highest BCUT2D eigenvalue weighted by Crippen LogP contribution is 2.32. The average molecular weight is 415 g/mol. The van der Waals surface area contributed by atoms with Gasteiger partial charge in [-0.1, -0.05) is 47.8 Å². The van der Waals surface area contributed by atoms with Crippen molar-refractivity contribution in [3.63, 3.8) is 0 Å². The molecule has 2 rings (SSSR count). The number of carbonyl (C=O) groups excluding carboxylic acids is 2. The van der Waals surface area contributed by atoms with E-state index >= 15 is 0 Å². The first-order valence-corrected chi connectivity index (χ1v) is 9.02.